The van der Waals surface area contributed by atoms with Crippen molar-refractivity contribution < 1.29 is 4.79 Å². The van der Waals surface area contributed by atoms with Crippen LogP contribution in [0.1, 0.15) is 11.4 Å². The minimum Gasteiger partial charge on any atom is -0.352 e. The maximum atomic E-state index is 10.4. The third-order valence-corrected chi connectivity index (χ3v) is 1.51. The lowest BCUT2D eigenvalue weighted by Gasteiger charge is -2.03. The molecule has 0 aliphatic carbocycles. The van der Waals surface area contributed by atoms with E-state index in [-0.39, 0.29) is 0 Å². The quantitative estimate of drug-likeness (QED) is 0.658. The first-order valence-corrected chi connectivity index (χ1v) is 3.64. The summed E-state index contributed by atoms with van der Waals surface area (Å²) in [7, 11) is 0. The number of carbonyl (C=O) groups excluding carboxylic acids is 1. The summed E-state index contributed by atoms with van der Waals surface area (Å²) >= 11 is 0. The SMILES string of the molecule is Cc1cc(C)n(CNC(N)=O)n1. The normalized spacial score (nSPS) is 9.83. The highest BCUT2D eigenvalue weighted by atomic mass is 16.2. The van der Waals surface area contributed by atoms with Gasteiger partial charge in [-0.25, -0.2) is 9.48 Å². The third kappa shape index (κ3) is 1.98. The number of rotatable bonds is 2. The molecule has 0 saturated carbocycles. The van der Waals surface area contributed by atoms with Crippen molar-refractivity contribution in [3.63, 3.8) is 0 Å². The van der Waals surface area contributed by atoms with Crippen LogP contribution < -0.4 is 11.1 Å². The predicted octanol–water partition coefficient (Wildman–Crippen LogP) is 0.126. The van der Waals surface area contributed by atoms with E-state index < -0.39 is 6.03 Å². The van der Waals surface area contributed by atoms with Gasteiger partial charge in [-0.15, -0.1) is 0 Å². The Morgan fingerprint density at radius 3 is 2.83 bits per heavy atom. The van der Waals surface area contributed by atoms with Gasteiger partial charge in [0.2, 0.25) is 0 Å². The van der Waals surface area contributed by atoms with Gasteiger partial charge in [-0.2, -0.15) is 5.10 Å². The molecule has 1 aromatic heterocycles. The lowest BCUT2D eigenvalue weighted by atomic mass is 10.4. The van der Waals surface area contributed by atoms with Crippen LogP contribution in [0.4, 0.5) is 4.79 Å². The molecule has 3 N–H and O–H groups in total. The molecule has 2 amide bonds. The smallest absolute Gasteiger partial charge is 0.313 e. The summed E-state index contributed by atoms with van der Waals surface area (Å²) in [5.74, 6) is 0. The van der Waals surface area contributed by atoms with Gasteiger partial charge in [0, 0.05) is 5.69 Å². The summed E-state index contributed by atoms with van der Waals surface area (Å²) in [5.41, 5.74) is 6.84. The molecule has 0 bridgehead atoms. The maximum absolute atomic E-state index is 10.4. The number of amides is 2. The van der Waals surface area contributed by atoms with Crippen LogP contribution in [-0.2, 0) is 6.67 Å². The second-order valence-electron chi connectivity index (χ2n) is 2.63. The van der Waals surface area contributed by atoms with Gasteiger partial charge in [-0.3, -0.25) is 0 Å². The van der Waals surface area contributed by atoms with E-state index in [9.17, 15) is 4.79 Å². The molecule has 1 rings (SSSR count). The molecule has 0 aliphatic rings. The average molecular weight is 168 g/mol. The molecule has 0 atom stereocenters. The summed E-state index contributed by atoms with van der Waals surface area (Å²) in [6, 6.07) is 1.39. The highest BCUT2D eigenvalue weighted by Crippen LogP contribution is 1.99. The zero-order valence-corrected chi connectivity index (χ0v) is 7.16. The number of nitrogens with zero attached hydrogens (tertiary/aromatic N) is 2. The van der Waals surface area contributed by atoms with Crippen LogP contribution in [0.3, 0.4) is 0 Å². The Morgan fingerprint density at radius 1 is 1.75 bits per heavy atom. The minimum atomic E-state index is -0.539. The minimum absolute atomic E-state index is 0.328. The van der Waals surface area contributed by atoms with Crippen LogP contribution in [0, 0.1) is 13.8 Å². The molecule has 5 heteroatoms. The van der Waals surface area contributed by atoms with Gasteiger partial charge in [0.15, 0.2) is 0 Å². The van der Waals surface area contributed by atoms with Gasteiger partial charge in [0.1, 0.15) is 6.67 Å². The highest BCUT2D eigenvalue weighted by molar-refractivity contribution is 5.71. The number of aryl methyl sites for hydroxylation is 2. The van der Waals surface area contributed by atoms with Gasteiger partial charge in [0.05, 0.1) is 5.69 Å². The van der Waals surface area contributed by atoms with Crippen molar-refractivity contribution in [2.24, 2.45) is 5.73 Å². The molecule has 0 fully saturated rings. The van der Waals surface area contributed by atoms with Gasteiger partial charge in [0.25, 0.3) is 0 Å². The number of carbonyl (C=O) groups is 1. The Kier molecular flexibility index (Phi) is 2.32. The first-order valence-electron chi connectivity index (χ1n) is 3.64. The second-order valence-corrected chi connectivity index (χ2v) is 2.63. The van der Waals surface area contributed by atoms with Crippen molar-refractivity contribution in [2.75, 3.05) is 0 Å². The Morgan fingerprint density at radius 2 is 2.42 bits per heavy atom. The van der Waals surface area contributed by atoms with Crippen molar-refractivity contribution in [2.45, 2.75) is 20.5 Å². The Hall–Kier alpha value is -1.52. The molecule has 0 spiro atoms. The van der Waals surface area contributed by atoms with Crippen molar-refractivity contribution in [3.8, 4) is 0 Å². The molecular weight excluding hydrogens is 156 g/mol. The molecule has 1 aromatic rings. The number of nitrogens with two attached hydrogens (primary N) is 1. The molecule has 0 unspecified atom stereocenters. The maximum Gasteiger partial charge on any atom is 0.313 e. The number of hydrogen-bond acceptors (Lipinski definition) is 2. The summed E-state index contributed by atoms with van der Waals surface area (Å²) in [6.45, 7) is 4.14. The molecule has 12 heavy (non-hydrogen) atoms. The molecule has 5 nitrogen and oxygen atoms in total. The largest absolute Gasteiger partial charge is 0.352 e. The average Bonchev–Trinajstić information content (AvgIpc) is 2.26. The number of primary amides is 1. The van der Waals surface area contributed by atoms with E-state index in [1.807, 2.05) is 19.9 Å². The summed E-state index contributed by atoms with van der Waals surface area (Å²) in [4.78, 5) is 10.4. The molecule has 0 aliphatic heterocycles. The van der Waals surface area contributed by atoms with E-state index in [2.05, 4.69) is 10.4 Å². The van der Waals surface area contributed by atoms with E-state index in [0.29, 0.717) is 6.67 Å². The summed E-state index contributed by atoms with van der Waals surface area (Å²) in [6.07, 6.45) is 0. The molecular formula is C7H12N4O. The van der Waals surface area contributed by atoms with E-state index in [1.165, 1.54) is 0 Å². The van der Waals surface area contributed by atoms with Crippen LogP contribution >= 0.6 is 0 Å². The van der Waals surface area contributed by atoms with E-state index >= 15 is 0 Å². The molecule has 0 radical (unpaired) electrons. The molecule has 1 heterocycles. The van der Waals surface area contributed by atoms with Crippen LogP contribution in [0.15, 0.2) is 6.07 Å². The summed E-state index contributed by atoms with van der Waals surface area (Å²) in [5, 5.41) is 6.58. The monoisotopic (exact) mass is 168 g/mol. The van der Waals surface area contributed by atoms with Crippen LogP contribution in [-0.4, -0.2) is 15.8 Å². The zero-order valence-electron chi connectivity index (χ0n) is 7.16. The number of urea groups is 1. The van der Waals surface area contributed by atoms with E-state index in [1.54, 1.807) is 4.68 Å². The highest BCUT2D eigenvalue weighted by Gasteiger charge is 1.99. The van der Waals surface area contributed by atoms with Gasteiger partial charge in [-0.1, -0.05) is 0 Å². The van der Waals surface area contributed by atoms with Crippen molar-refractivity contribution in [1.29, 1.82) is 0 Å². The standard InChI is InChI=1S/C7H12N4O/c1-5-3-6(2)11(10-5)4-9-7(8)12/h3H,4H2,1-2H3,(H3,8,9,12). The fraction of sp³-hybridized carbons (Fsp3) is 0.429. The van der Waals surface area contributed by atoms with Crippen molar-refractivity contribution in [3.05, 3.63) is 17.5 Å². The summed E-state index contributed by atoms with van der Waals surface area (Å²) < 4.78 is 1.68. The Labute approximate surface area is 70.5 Å². The second kappa shape index (κ2) is 3.25. The van der Waals surface area contributed by atoms with Crippen molar-refractivity contribution >= 4 is 6.03 Å². The number of nitrogens with one attached hydrogen (secondary N) is 1. The Balaban J connectivity index is 2.62. The fourth-order valence-electron chi connectivity index (χ4n) is 0.988. The van der Waals surface area contributed by atoms with Crippen LogP contribution in [0.2, 0.25) is 0 Å². The van der Waals surface area contributed by atoms with Gasteiger partial charge >= 0.3 is 6.03 Å². The first-order chi connectivity index (χ1) is 5.59. The lowest BCUT2D eigenvalue weighted by Crippen LogP contribution is -2.31. The molecule has 0 saturated heterocycles. The first kappa shape index (κ1) is 8.58. The van der Waals surface area contributed by atoms with Crippen LogP contribution in [0.5, 0.6) is 0 Å². The van der Waals surface area contributed by atoms with Crippen molar-refractivity contribution in [1.82, 2.24) is 15.1 Å². The molecule has 0 aromatic carbocycles. The van der Waals surface area contributed by atoms with Gasteiger partial charge < -0.3 is 11.1 Å². The van der Waals surface area contributed by atoms with Crippen LogP contribution in [0.25, 0.3) is 0 Å². The Bertz CT molecular complexity index is 292. The number of hydrogen-bond donors (Lipinski definition) is 2. The zero-order chi connectivity index (χ0) is 9.14. The lowest BCUT2D eigenvalue weighted by molar-refractivity contribution is 0.245. The molecule has 66 valence electrons. The third-order valence-electron chi connectivity index (χ3n) is 1.51. The van der Waals surface area contributed by atoms with E-state index in [0.717, 1.165) is 11.4 Å². The topological polar surface area (TPSA) is 72.9 Å². The number of aromatic nitrogens is 2. The predicted molar refractivity (Wildman–Crippen MR) is 44.4 cm³/mol. The van der Waals surface area contributed by atoms with Gasteiger partial charge in [-0.05, 0) is 19.9 Å². The van der Waals surface area contributed by atoms with E-state index in [4.69, 9.17) is 5.73 Å². The fourth-order valence-corrected chi connectivity index (χ4v) is 0.988.